The van der Waals surface area contributed by atoms with Gasteiger partial charge in [-0.1, -0.05) is 60.7 Å². The van der Waals surface area contributed by atoms with Crippen LogP contribution in [0.25, 0.3) is 49.7 Å². The van der Waals surface area contributed by atoms with Crippen LogP contribution in [0.15, 0.2) is 84.9 Å². The Balaban J connectivity index is 1.79. The standard InChI is InChI=1S/C31H23F3N2O6S/c1-39-25-16-18(17-26(40-2)29(25)41-3)36-28-22-13-7-5-11-20(22)19-10-4-6-12-21(19)27(28)35-30(36)23-14-8-9-15-24(23)42-43(37,38)31(32,33)34/h4-17H,1-3H3. The van der Waals surface area contributed by atoms with Gasteiger partial charge in [0.15, 0.2) is 17.2 Å². The van der Waals surface area contributed by atoms with Crippen LogP contribution in [0.3, 0.4) is 0 Å². The van der Waals surface area contributed by atoms with E-state index in [2.05, 4.69) is 4.18 Å². The lowest BCUT2D eigenvalue weighted by molar-refractivity contribution is -0.0499. The van der Waals surface area contributed by atoms with Crippen LogP contribution in [0.5, 0.6) is 23.0 Å². The Morgan fingerprint density at radius 3 is 1.81 bits per heavy atom. The molecule has 0 fully saturated rings. The van der Waals surface area contributed by atoms with Crippen molar-refractivity contribution in [1.82, 2.24) is 9.55 Å². The van der Waals surface area contributed by atoms with Crippen LogP contribution >= 0.6 is 0 Å². The molecule has 1 heterocycles. The van der Waals surface area contributed by atoms with Crippen LogP contribution in [0, 0.1) is 0 Å². The lowest BCUT2D eigenvalue weighted by atomic mass is 10.00. The Labute approximate surface area is 243 Å². The maximum atomic E-state index is 13.4. The van der Waals surface area contributed by atoms with Crippen molar-refractivity contribution < 1.29 is 40.0 Å². The molecule has 0 aliphatic heterocycles. The van der Waals surface area contributed by atoms with E-state index in [4.69, 9.17) is 19.2 Å². The molecule has 0 N–H and O–H groups in total. The van der Waals surface area contributed by atoms with Gasteiger partial charge in [-0.15, -0.1) is 0 Å². The molecular formula is C31H23F3N2O6S. The van der Waals surface area contributed by atoms with E-state index < -0.39 is 21.4 Å². The summed E-state index contributed by atoms with van der Waals surface area (Å²) in [6, 6.07) is 24.2. The maximum absolute atomic E-state index is 13.4. The zero-order chi connectivity index (χ0) is 30.5. The van der Waals surface area contributed by atoms with Gasteiger partial charge >= 0.3 is 15.6 Å². The van der Waals surface area contributed by atoms with Gasteiger partial charge in [0, 0.05) is 22.9 Å². The van der Waals surface area contributed by atoms with E-state index in [-0.39, 0.29) is 11.4 Å². The van der Waals surface area contributed by atoms with Gasteiger partial charge in [0.1, 0.15) is 5.82 Å². The molecule has 0 unspecified atom stereocenters. The number of hydrogen-bond acceptors (Lipinski definition) is 7. The number of imidazole rings is 1. The number of halogens is 3. The Morgan fingerprint density at radius 1 is 0.698 bits per heavy atom. The maximum Gasteiger partial charge on any atom is 0.534 e. The molecule has 0 spiro atoms. The first-order chi connectivity index (χ1) is 20.6. The lowest BCUT2D eigenvalue weighted by Gasteiger charge is -2.18. The first kappa shape index (κ1) is 28.2. The summed E-state index contributed by atoms with van der Waals surface area (Å²) in [6.07, 6.45) is 0. The summed E-state index contributed by atoms with van der Waals surface area (Å²) in [4.78, 5) is 4.94. The van der Waals surface area contributed by atoms with Crippen LogP contribution in [0.1, 0.15) is 0 Å². The second kappa shape index (κ2) is 10.4. The number of nitrogens with zero attached hydrogens (tertiary/aromatic N) is 2. The first-order valence-corrected chi connectivity index (χ1v) is 14.2. The number of rotatable bonds is 7. The van der Waals surface area contributed by atoms with Crippen LogP contribution in [-0.4, -0.2) is 44.8 Å². The van der Waals surface area contributed by atoms with E-state index in [0.717, 1.165) is 27.6 Å². The normalized spacial score (nSPS) is 12.1. The van der Waals surface area contributed by atoms with E-state index >= 15 is 0 Å². The van der Waals surface area contributed by atoms with E-state index in [1.165, 1.54) is 33.5 Å². The molecule has 8 nitrogen and oxygen atoms in total. The van der Waals surface area contributed by atoms with Gasteiger partial charge in [0.25, 0.3) is 0 Å². The SMILES string of the molecule is COc1cc(-n2c(-c3ccccc3OS(=O)(=O)C(F)(F)F)nc3c4ccccc4c4ccccc4c32)cc(OC)c1OC. The monoisotopic (exact) mass is 608 g/mol. The molecule has 0 radical (unpaired) electrons. The van der Waals surface area contributed by atoms with Gasteiger partial charge in [-0.25, -0.2) is 4.98 Å². The molecule has 43 heavy (non-hydrogen) atoms. The zero-order valence-corrected chi connectivity index (χ0v) is 23.8. The highest BCUT2D eigenvalue weighted by Gasteiger charge is 2.49. The molecular weight excluding hydrogens is 585 g/mol. The minimum Gasteiger partial charge on any atom is -0.493 e. The van der Waals surface area contributed by atoms with Gasteiger partial charge < -0.3 is 18.4 Å². The molecule has 6 aromatic rings. The number of para-hydroxylation sites is 1. The lowest BCUT2D eigenvalue weighted by Crippen LogP contribution is -2.28. The summed E-state index contributed by atoms with van der Waals surface area (Å²) in [5.74, 6) is 0.545. The van der Waals surface area contributed by atoms with Crippen molar-refractivity contribution in [3.05, 3.63) is 84.9 Å². The minimum absolute atomic E-state index is 0.00781. The van der Waals surface area contributed by atoms with Crippen LogP contribution in [-0.2, 0) is 10.1 Å². The molecule has 0 atom stereocenters. The fourth-order valence-corrected chi connectivity index (χ4v) is 5.70. The summed E-state index contributed by atoms with van der Waals surface area (Å²) in [7, 11) is -1.60. The first-order valence-electron chi connectivity index (χ1n) is 12.8. The quantitative estimate of drug-likeness (QED) is 0.107. The highest BCUT2D eigenvalue weighted by atomic mass is 32.2. The van der Waals surface area contributed by atoms with E-state index in [1.807, 2.05) is 48.5 Å². The topological polar surface area (TPSA) is 88.9 Å². The van der Waals surface area contributed by atoms with Crippen LogP contribution < -0.4 is 18.4 Å². The molecule has 6 rings (SSSR count). The predicted octanol–water partition coefficient (Wildman–Crippen LogP) is 7.25. The molecule has 0 amide bonds. The molecule has 5 aromatic carbocycles. The van der Waals surface area contributed by atoms with Crippen LogP contribution in [0.2, 0.25) is 0 Å². The molecule has 1 aromatic heterocycles. The fourth-order valence-electron chi connectivity index (χ4n) is 5.22. The molecule has 12 heteroatoms. The third-order valence-corrected chi connectivity index (χ3v) is 8.02. The summed E-state index contributed by atoms with van der Waals surface area (Å²) < 4.78 is 87.4. The van der Waals surface area contributed by atoms with Crippen molar-refractivity contribution in [1.29, 1.82) is 0 Å². The van der Waals surface area contributed by atoms with E-state index in [1.54, 1.807) is 22.8 Å². The van der Waals surface area contributed by atoms with Crippen LogP contribution in [0.4, 0.5) is 13.2 Å². The second-order valence-electron chi connectivity index (χ2n) is 9.42. The Morgan fingerprint density at radius 2 is 1.23 bits per heavy atom. The average Bonchev–Trinajstić information content (AvgIpc) is 3.41. The van der Waals surface area contributed by atoms with Gasteiger partial charge in [-0.05, 0) is 22.9 Å². The van der Waals surface area contributed by atoms with Crippen molar-refractivity contribution in [2.75, 3.05) is 21.3 Å². The van der Waals surface area contributed by atoms with Gasteiger partial charge in [0.2, 0.25) is 5.75 Å². The highest BCUT2D eigenvalue weighted by molar-refractivity contribution is 7.88. The molecule has 0 bridgehead atoms. The van der Waals surface area contributed by atoms with Gasteiger partial charge in [0.05, 0.1) is 43.6 Å². The minimum atomic E-state index is -5.98. The molecule has 0 saturated carbocycles. The van der Waals surface area contributed by atoms with Crippen molar-refractivity contribution in [3.8, 4) is 40.1 Å². The van der Waals surface area contributed by atoms with Gasteiger partial charge in [-0.3, -0.25) is 4.57 Å². The summed E-state index contributed by atoms with van der Waals surface area (Å²) in [5.41, 5.74) is -4.02. The number of aromatic nitrogens is 2. The van der Waals surface area contributed by atoms with Crippen molar-refractivity contribution >= 4 is 42.7 Å². The number of fused-ring (bicyclic) bond motifs is 6. The Bertz CT molecular complexity index is 2120. The fraction of sp³-hybridized carbons (Fsp3) is 0.129. The van der Waals surface area contributed by atoms with E-state index in [0.29, 0.717) is 34.0 Å². The number of ether oxygens (including phenoxy) is 3. The molecule has 0 aliphatic carbocycles. The number of methoxy groups -OCH3 is 3. The summed E-state index contributed by atoms with van der Waals surface area (Å²) >= 11 is 0. The van der Waals surface area contributed by atoms with Crippen molar-refractivity contribution in [2.45, 2.75) is 5.51 Å². The summed E-state index contributed by atoms with van der Waals surface area (Å²) in [6.45, 7) is 0. The third-order valence-electron chi connectivity index (χ3n) is 7.05. The predicted molar refractivity (Wildman–Crippen MR) is 157 cm³/mol. The number of hydrogen-bond donors (Lipinski definition) is 0. The molecule has 220 valence electrons. The van der Waals surface area contributed by atoms with E-state index in [9.17, 15) is 21.6 Å². The van der Waals surface area contributed by atoms with Crippen molar-refractivity contribution in [2.24, 2.45) is 0 Å². The average molecular weight is 609 g/mol. The highest BCUT2D eigenvalue weighted by Crippen LogP contribution is 2.45. The summed E-state index contributed by atoms with van der Waals surface area (Å²) in [5, 5.41) is 3.40. The number of alkyl halides is 3. The second-order valence-corrected chi connectivity index (χ2v) is 11.0. The number of benzene rings is 5. The third kappa shape index (κ3) is 4.54. The van der Waals surface area contributed by atoms with Crippen molar-refractivity contribution in [3.63, 3.8) is 0 Å². The Hall–Kier alpha value is -4.97. The van der Waals surface area contributed by atoms with Gasteiger partial charge in [-0.2, -0.15) is 21.6 Å². The molecule has 0 saturated heterocycles. The smallest absolute Gasteiger partial charge is 0.493 e. The largest absolute Gasteiger partial charge is 0.534 e. The Kier molecular flexibility index (Phi) is 6.80. The molecule has 0 aliphatic rings. The zero-order valence-electron chi connectivity index (χ0n) is 23.0.